The molecule has 2 aromatic rings. The Balaban J connectivity index is 3.01. The maximum absolute atomic E-state index is 7.33. The molecule has 0 radical (unpaired) electrons. The highest BCUT2D eigenvalue weighted by Crippen LogP contribution is 2.51. The second-order valence-corrected chi connectivity index (χ2v) is 19.1. The molecule has 0 aliphatic heterocycles. The standard InChI is InChI=1S/C37H59NP/c1-32(2,3)24-20-26(34(7,8)9)30(27(21-24)35(10,11)12)38-39(19)31-28(36(13,14)15)22-25(33(4,5)6)23-29(31)37(16,17)18/h19-23H,1-18H3/q-1. The molecule has 0 aromatic heterocycles. The summed E-state index contributed by atoms with van der Waals surface area (Å²) in [5.41, 5.74) is 8.93. The number of hydrogen-bond donors (Lipinski definition) is 0. The van der Waals surface area contributed by atoms with Crippen LogP contribution in [0.15, 0.2) is 24.3 Å². The fourth-order valence-electron chi connectivity index (χ4n) is 4.93. The molecule has 2 rings (SSSR count). The Morgan fingerprint density at radius 2 is 0.692 bits per heavy atom. The van der Waals surface area contributed by atoms with Crippen LogP contribution in [0.4, 0.5) is 5.69 Å². The van der Waals surface area contributed by atoms with E-state index in [0.717, 1.165) is 5.69 Å². The lowest BCUT2D eigenvalue weighted by molar-refractivity contribution is 0.551. The van der Waals surface area contributed by atoms with Gasteiger partial charge in [-0.15, -0.1) is 5.69 Å². The van der Waals surface area contributed by atoms with Crippen molar-refractivity contribution in [3.05, 3.63) is 62.7 Å². The van der Waals surface area contributed by atoms with Crippen LogP contribution in [0.1, 0.15) is 158 Å². The van der Waals surface area contributed by atoms with Gasteiger partial charge in [-0.1, -0.05) is 160 Å². The van der Waals surface area contributed by atoms with Crippen molar-refractivity contribution in [1.29, 1.82) is 0 Å². The molecule has 0 spiro atoms. The van der Waals surface area contributed by atoms with E-state index in [1.165, 1.54) is 38.7 Å². The van der Waals surface area contributed by atoms with Crippen LogP contribution in [-0.4, -0.2) is 0 Å². The van der Waals surface area contributed by atoms with Gasteiger partial charge in [-0.25, -0.2) is 0 Å². The van der Waals surface area contributed by atoms with Crippen molar-refractivity contribution in [3.8, 4) is 6.13 Å². The van der Waals surface area contributed by atoms with Gasteiger partial charge in [0.1, 0.15) is 0 Å². The first-order valence-corrected chi connectivity index (χ1v) is 16.1. The third-order valence-electron chi connectivity index (χ3n) is 7.62. The molecule has 2 aromatic carbocycles. The minimum Gasteiger partial charge on any atom is -0.632 e. The second kappa shape index (κ2) is 10.3. The minimum absolute atomic E-state index is 0.0492. The van der Waals surface area contributed by atoms with Gasteiger partial charge >= 0.3 is 0 Å². The Kier molecular flexibility index (Phi) is 8.86. The Morgan fingerprint density at radius 1 is 0.436 bits per heavy atom. The highest BCUT2D eigenvalue weighted by Gasteiger charge is 2.30. The van der Waals surface area contributed by atoms with Gasteiger partial charge < -0.3 is 5.09 Å². The van der Waals surface area contributed by atoms with Crippen LogP contribution in [0.3, 0.4) is 0 Å². The normalized spacial score (nSPS) is 14.4. The van der Waals surface area contributed by atoms with Crippen LogP contribution in [0.5, 0.6) is 0 Å². The topological polar surface area (TPSA) is 14.1 Å². The molecule has 0 saturated heterocycles. The molecule has 0 N–H and O–H groups in total. The maximum atomic E-state index is 7.33. The first-order valence-electron chi connectivity index (χ1n) is 14.7. The van der Waals surface area contributed by atoms with E-state index >= 15 is 0 Å². The highest BCUT2D eigenvalue weighted by atomic mass is 31.1. The lowest BCUT2D eigenvalue weighted by atomic mass is 9.74. The van der Waals surface area contributed by atoms with Gasteiger partial charge in [0.2, 0.25) is 0 Å². The van der Waals surface area contributed by atoms with Gasteiger partial charge in [-0.2, -0.15) is 13.7 Å². The maximum Gasteiger partial charge on any atom is -0.00808 e. The number of hydrogen-bond acceptors (Lipinski definition) is 0. The molecule has 1 nitrogen and oxygen atoms in total. The fourth-order valence-corrected chi connectivity index (χ4v) is 6.76. The van der Waals surface area contributed by atoms with E-state index in [2.05, 4.69) is 149 Å². The zero-order valence-electron chi connectivity index (χ0n) is 28.8. The van der Waals surface area contributed by atoms with Gasteiger partial charge in [0, 0.05) is 0 Å². The first kappa shape index (κ1) is 33.5. The zero-order valence-corrected chi connectivity index (χ0v) is 29.7. The van der Waals surface area contributed by atoms with E-state index in [1.807, 2.05) is 0 Å². The minimum atomic E-state index is -1.31. The van der Waals surface area contributed by atoms with Crippen LogP contribution in [-0.2, 0) is 32.5 Å². The number of rotatable bonds is 1. The van der Waals surface area contributed by atoms with Crippen molar-refractivity contribution in [3.63, 3.8) is 0 Å². The summed E-state index contributed by atoms with van der Waals surface area (Å²) in [7, 11) is -1.31. The molecular formula is C37H59NP-. The summed E-state index contributed by atoms with van der Waals surface area (Å²) in [5.74, 6) is 0. The average Bonchev–Trinajstić information content (AvgIpc) is 2.68. The molecular weight excluding hydrogens is 489 g/mol. The van der Waals surface area contributed by atoms with Gasteiger partial charge in [0.25, 0.3) is 0 Å². The molecule has 0 heterocycles. The van der Waals surface area contributed by atoms with Crippen molar-refractivity contribution in [2.45, 2.75) is 157 Å². The van der Waals surface area contributed by atoms with Crippen molar-refractivity contribution in [2.75, 3.05) is 0 Å². The molecule has 0 aliphatic rings. The molecule has 0 amide bonds. The lowest BCUT2D eigenvalue weighted by Crippen LogP contribution is -2.30. The van der Waals surface area contributed by atoms with E-state index in [4.69, 9.17) is 11.2 Å². The van der Waals surface area contributed by atoms with Crippen molar-refractivity contribution in [2.24, 2.45) is 0 Å². The van der Waals surface area contributed by atoms with Gasteiger partial charge in [-0.3, -0.25) is 0 Å². The molecule has 0 bridgehead atoms. The molecule has 0 aliphatic carbocycles. The van der Waals surface area contributed by atoms with Crippen LogP contribution >= 0.6 is 7.53 Å². The summed E-state index contributed by atoms with van der Waals surface area (Å²) in [6.45, 7) is 41.5. The molecule has 1 atom stereocenters. The van der Waals surface area contributed by atoms with Gasteiger partial charge in [-0.05, 0) is 60.0 Å². The van der Waals surface area contributed by atoms with E-state index in [1.54, 1.807) is 0 Å². The van der Waals surface area contributed by atoms with Crippen LogP contribution < -0.4 is 5.30 Å². The molecule has 39 heavy (non-hydrogen) atoms. The molecule has 218 valence electrons. The van der Waals surface area contributed by atoms with Crippen molar-refractivity contribution in [1.82, 2.24) is 0 Å². The zero-order chi connectivity index (χ0) is 30.7. The fraction of sp³-hybridized carbons (Fsp3) is 0.649. The SMILES string of the molecule is C#P([N-]c1c(C(C)(C)C)cc(C(C)(C)C)cc1C(C)(C)C)c1c(C(C)(C)C)cc(C(C)(C)C)cc1C(C)(C)C. The summed E-state index contributed by atoms with van der Waals surface area (Å²) in [5, 5.41) is 6.82. The van der Waals surface area contributed by atoms with E-state index in [-0.39, 0.29) is 32.5 Å². The predicted molar refractivity (Wildman–Crippen MR) is 180 cm³/mol. The van der Waals surface area contributed by atoms with Gasteiger partial charge in [0.15, 0.2) is 0 Å². The predicted octanol–water partition coefficient (Wildman–Crippen LogP) is 11.8. The summed E-state index contributed by atoms with van der Waals surface area (Å²) in [6.07, 6.45) is 7.33. The first-order chi connectivity index (χ1) is 17.1. The van der Waals surface area contributed by atoms with Crippen LogP contribution in [0.2, 0.25) is 0 Å². The van der Waals surface area contributed by atoms with Crippen molar-refractivity contribution >= 4 is 18.5 Å². The third kappa shape index (κ3) is 7.75. The summed E-state index contributed by atoms with van der Waals surface area (Å²) < 4.78 is 0. The summed E-state index contributed by atoms with van der Waals surface area (Å²) in [4.78, 5) is 0. The lowest BCUT2D eigenvalue weighted by Gasteiger charge is -2.42. The highest BCUT2D eigenvalue weighted by molar-refractivity contribution is 7.58. The van der Waals surface area contributed by atoms with E-state index in [9.17, 15) is 0 Å². The molecule has 0 saturated carbocycles. The average molecular weight is 549 g/mol. The van der Waals surface area contributed by atoms with Crippen LogP contribution in [0.25, 0.3) is 5.09 Å². The Bertz CT molecular complexity index is 1200. The van der Waals surface area contributed by atoms with Crippen molar-refractivity contribution < 1.29 is 0 Å². The van der Waals surface area contributed by atoms with E-state index in [0.29, 0.717) is 0 Å². The molecule has 2 heteroatoms. The Hall–Kier alpha value is -1.68. The Morgan fingerprint density at radius 3 is 0.923 bits per heavy atom. The molecule has 1 unspecified atom stereocenters. The second-order valence-electron chi connectivity index (χ2n) is 17.8. The number of nitrogens with zero attached hydrogens (tertiary/aromatic N) is 1. The van der Waals surface area contributed by atoms with Gasteiger partial charge in [0.05, 0.1) is 0 Å². The summed E-state index contributed by atoms with van der Waals surface area (Å²) >= 11 is 0. The van der Waals surface area contributed by atoms with Crippen LogP contribution in [0, 0.1) is 6.13 Å². The molecule has 0 fully saturated rings. The smallest absolute Gasteiger partial charge is 0.00808 e. The largest absolute Gasteiger partial charge is 0.632 e. The summed E-state index contributed by atoms with van der Waals surface area (Å²) in [6, 6.07) is 9.63. The quantitative estimate of drug-likeness (QED) is 0.315. The Labute approximate surface area is 244 Å². The monoisotopic (exact) mass is 548 g/mol. The van der Waals surface area contributed by atoms with E-state index < -0.39 is 7.53 Å². The third-order valence-corrected chi connectivity index (χ3v) is 8.98. The number of benzene rings is 2.